The molecule has 2 N–H and O–H groups in total. The van der Waals surface area contributed by atoms with Crippen LogP contribution < -0.4 is 10.6 Å². The molecule has 184 valence electrons. The van der Waals surface area contributed by atoms with E-state index in [0.717, 1.165) is 19.3 Å². The minimum Gasteiger partial charge on any atom is -0.449 e. The van der Waals surface area contributed by atoms with Gasteiger partial charge in [-0.25, -0.2) is 9.78 Å². The fraction of sp³-hybridized carbons (Fsp3) is 0.708. The van der Waals surface area contributed by atoms with Crippen molar-refractivity contribution in [3.05, 3.63) is 17.8 Å². The number of ketones is 2. The minimum atomic E-state index is -0.894. The molecule has 2 heterocycles. The molecule has 1 aliphatic rings. The number of hydrogen-bond donors (Lipinski definition) is 2. The van der Waals surface area contributed by atoms with E-state index in [1.54, 1.807) is 13.8 Å². The van der Waals surface area contributed by atoms with Crippen molar-refractivity contribution in [3.8, 4) is 0 Å². The molecule has 9 nitrogen and oxygen atoms in total. The molecule has 2 rings (SSSR count). The first-order valence-corrected chi connectivity index (χ1v) is 11.7. The van der Waals surface area contributed by atoms with Gasteiger partial charge in [-0.05, 0) is 24.2 Å². The summed E-state index contributed by atoms with van der Waals surface area (Å²) < 4.78 is 10.7. The summed E-state index contributed by atoms with van der Waals surface area (Å²) in [5.74, 6) is -2.12. The number of amides is 2. The highest BCUT2D eigenvalue weighted by molar-refractivity contribution is 6.37. The lowest BCUT2D eigenvalue weighted by atomic mass is 9.86. The summed E-state index contributed by atoms with van der Waals surface area (Å²) in [5.41, 5.74) is 0.380. The number of hydrogen-bond acceptors (Lipinski definition) is 7. The Balaban J connectivity index is 2.16. The van der Waals surface area contributed by atoms with E-state index in [-0.39, 0.29) is 36.6 Å². The highest BCUT2D eigenvalue weighted by atomic mass is 16.5. The van der Waals surface area contributed by atoms with E-state index in [0.29, 0.717) is 24.4 Å². The predicted octanol–water partition coefficient (Wildman–Crippen LogP) is 3.00. The van der Waals surface area contributed by atoms with Crippen molar-refractivity contribution < 1.29 is 28.3 Å². The Hall–Kier alpha value is -2.71. The highest BCUT2D eigenvalue weighted by Gasteiger charge is 2.34. The lowest BCUT2D eigenvalue weighted by molar-refractivity contribution is -0.141. The summed E-state index contributed by atoms with van der Waals surface area (Å²) >= 11 is 0. The normalized spacial score (nSPS) is 19.0. The number of nitrogens with zero attached hydrogens (tertiary/aromatic N) is 1. The number of aryl methyl sites for hydroxylation is 1. The first-order valence-electron chi connectivity index (χ1n) is 11.7. The smallest absolute Gasteiger partial charge is 0.407 e. The molecule has 1 aromatic rings. The van der Waals surface area contributed by atoms with Gasteiger partial charge in [0.15, 0.2) is 12.2 Å². The van der Waals surface area contributed by atoms with Gasteiger partial charge < -0.3 is 19.8 Å². The molecule has 1 aliphatic heterocycles. The Labute approximate surface area is 195 Å². The van der Waals surface area contributed by atoms with Crippen LogP contribution in [0.1, 0.15) is 71.8 Å². The first-order chi connectivity index (χ1) is 15.5. The molecule has 0 spiro atoms. The van der Waals surface area contributed by atoms with Gasteiger partial charge in [0.05, 0.1) is 18.3 Å². The minimum absolute atomic E-state index is 0.128. The van der Waals surface area contributed by atoms with Crippen LogP contribution in [0, 0.1) is 17.3 Å². The third-order valence-electron chi connectivity index (χ3n) is 5.50. The number of carbonyl (C=O) groups is 4. The molecule has 2 amide bonds. The van der Waals surface area contributed by atoms with E-state index in [4.69, 9.17) is 9.15 Å². The summed E-state index contributed by atoms with van der Waals surface area (Å²) in [4.78, 5) is 55.0. The molecule has 0 saturated carbocycles. The lowest BCUT2D eigenvalue weighted by Gasteiger charge is -2.24. The average Bonchev–Trinajstić information content (AvgIpc) is 3.16. The van der Waals surface area contributed by atoms with Gasteiger partial charge in [-0.1, -0.05) is 41.0 Å². The molecule has 0 radical (unpaired) electrons. The van der Waals surface area contributed by atoms with Crippen LogP contribution in [0.2, 0.25) is 0 Å². The zero-order chi connectivity index (χ0) is 24.6. The van der Waals surface area contributed by atoms with Crippen LogP contribution in [0.5, 0.6) is 0 Å². The van der Waals surface area contributed by atoms with Crippen LogP contribution in [0.15, 0.2) is 10.8 Å². The molecule has 33 heavy (non-hydrogen) atoms. The van der Waals surface area contributed by atoms with E-state index < -0.39 is 29.7 Å². The summed E-state index contributed by atoms with van der Waals surface area (Å²) in [7, 11) is 0. The largest absolute Gasteiger partial charge is 0.449 e. The fourth-order valence-corrected chi connectivity index (χ4v) is 3.66. The van der Waals surface area contributed by atoms with Crippen LogP contribution in [-0.2, 0) is 32.0 Å². The van der Waals surface area contributed by atoms with Gasteiger partial charge in [0.25, 0.3) is 5.91 Å². The van der Waals surface area contributed by atoms with Crippen molar-refractivity contribution >= 4 is 23.6 Å². The van der Waals surface area contributed by atoms with Crippen molar-refractivity contribution in [3.63, 3.8) is 0 Å². The second-order valence-corrected chi connectivity index (χ2v) is 10.2. The Morgan fingerprint density at radius 3 is 2.64 bits per heavy atom. The van der Waals surface area contributed by atoms with Crippen molar-refractivity contribution in [2.24, 2.45) is 17.3 Å². The molecule has 9 heteroatoms. The molecule has 0 fully saturated rings. The monoisotopic (exact) mass is 463 g/mol. The SMILES string of the molecule is CC(C)C(NC(=O)OCC(C)(C)C)C(=O)CC1Cc2ncoc2CCCCCNC(=O)C1=O. The van der Waals surface area contributed by atoms with Crippen LogP contribution in [0.3, 0.4) is 0 Å². The third-order valence-corrected chi connectivity index (χ3v) is 5.50. The second-order valence-electron chi connectivity index (χ2n) is 10.2. The number of rotatable bonds is 6. The number of aromatic nitrogens is 1. The van der Waals surface area contributed by atoms with Crippen molar-refractivity contribution in [1.82, 2.24) is 15.6 Å². The number of oxazole rings is 1. The summed E-state index contributed by atoms with van der Waals surface area (Å²) in [6.45, 7) is 10.0. The molecule has 1 aromatic heterocycles. The fourth-order valence-electron chi connectivity index (χ4n) is 3.66. The van der Waals surface area contributed by atoms with E-state index in [1.165, 1.54) is 6.39 Å². The maximum Gasteiger partial charge on any atom is 0.407 e. The number of Topliss-reactive ketones (excluding diaryl/α,β-unsaturated/α-hetero) is 2. The molecule has 2 unspecified atom stereocenters. The van der Waals surface area contributed by atoms with Gasteiger partial charge >= 0.3 is 6.09 Å². The Morgan fingerprint density at radius 1 is 1.24 bits per heavy atom. The number of ether oxygens (including phenoxy) is 1. The quantitative estimate of drug-likeness (QED) is 0.621. The van der Waals surface area contributed by atoms with Crippen molar-refractivity contribution in [1.29, 1.82) is 0 Å². The molecular formula is C24H37N3O6. The standard InChI is InChI=1S/C24H37N3O6/c1-15(2)20(27-23(31)32-13-24(3,4)5)18(28)12-16-11-17-19(33-14-26-17)9-7-6-8-10-25-22(30)21(16)29/h14-16,20H,6-13H2,1-5H3,(H,25,30)(H,27,31). The van der Waals surface area contributed by atoms with Crippen LogP contribution >= 0.6 is 0 Å². The van der Waals surface area contributed by atoms with E-state index >= 15 is 0 Å². The lowest BCUT2D eigenvalue weighted by Crippen LogP contribution is -2.47. The average molecular weight is 464 g/mol. The topological polar surface area (TPSA) is 128 Å². The van der Waals surface area contributed by atoms with E-state index in [9.17, 15) is 19.2 Å². The van der Waals surface area contributed by atoms with Gasteiger partial charge in [0.1, 0.15) is 5.76 Å². The maximum absolute atomic E-state index is 13.2. The maximum atomic E-state index is 13.2. The van der Waals surface area contributed by atoms with Crippen molar-refractivity contribution in [2.45, 2.75) is 79.2 Å². The van der Waals surface area contributed by atoms with Gasteiger partial charge in [-0.3, -0.25) is 14.4 Å². The molecule has 2 atom stereocenters. The van der Waals surface area contributed by atoms with Crippen LogP contribution in [0.25, 0.3) is 0 Å². The summed E-state index contributed by atoms with van der Waals surface area (Å²) in [6.07, 6.45) is 3.80. The number of nitrogens with one attached hydrogen (secondary N) is 2. The summed E-state index contributed by atoms with van der Waals surface area (Å²) in [6, 6.07) is -0.841. The number of carbonyl (C=O) groups excluding carboxylic acids is 4. The van der Waals surface area contributed by atoms with Gasteiger partial charge in [-0.15, -0.1) is 0 Å². The zero-order valence-electron chi connectivity index (χ0n) is 20.4. The number of fused-ring (bicyclic) bond motifs is 1. The second kappa shape index (κ2) is 12.0. The van der Waals surface area contributed by atoms with Gasteiger partial charge in [0.2, 0.25) is 5.78 Å². The molecular weight excluding hydrogens is 426 g/mol. The summed E-state index contributed by atoms with van der Waals surface area (Å²) in [5, 5.41) is 5.28. The molecule has 0 aliphatic carbocycles. The Bertz CT molecular complexity index is 839. The highest BCUT2D eigenvalue weighted by Crippen LogP contribution is 2.21. The molecule has 0 saturated heterocycles. The molecule has 0 aromatic carbocycles. The van der Waals surface area contributed by atoms with Crippen molar-refractivity contribution in [2.75, 3.05) is 13.2 Å². The predicted molar refractivity (Wildman–Crippen MR) is 121 cm³/mol. The van der Waals surface area contributed by atoms with Gasteiger partial charge in [-0.2, -0.15) is 0 Å². The van der Waals surface area contributed by atoms with E-state index in [2.05, 4.69) is 15.6 Å². The first kappa shape index (κ1) is 26.5. The molecule has 0 bridgehead atoms. The van der Waals surface area contributed by atoms with Gasteiger partial charge in [0, 0.05) is 31.7 Å². The van der Waals surface area contributed by atoms with Crippen LogP contribution in [0.4, 0.5) is 4.79 Å². The van der Waals surface area contributed by atoms with E-state index in [1.807, 2.05) is 20.8 Å². The zero-order valence-corrected chi connectivity index (χ0v) is 20.4. The Morgan fingerprint density at radius 2 is 1.97 bits per heavy atom. The Kier molecular flexibility index (Phi) is 9.61. The van der Waals surface area contributed by atoms with Crippen LogP contribution in [-0.4, -0.2) is 47.7 Å². The number of alkyl carbamates (subject to hydrolysis) is 1. The third kappa shape index (κ3) is 8.63.